The van der Waals surface area contributed by atoms with Crippen molar-refractivity contribution in [2.45, 2.75) is 25.8 Å². The molecular weight excluding hydrogens is 216 g/mol. The van der Waals surface area contributed by atoms with Gasteiger partial charge in [-0.1, -0.05) is 6.92 Å². The molecule has 1 rings (SSSR count). The number of carbonyl (C=O) groups is 1. The molecule has 0 aromatic heterocycles. The van der Waals surface area contributed by atoms with Gasteiger partial charge in [-0.2, -0.15) is 5.26 Å². The van der Waals surface area contributed by atoms with Crippen molar-refractivity contribution in [1.82, 2.24) is 9.80 Å². The highest BCUT2D eigenvalue weighted by Crippen LogP contribution is 2.14. The SMILES string of the molecule is CC1CN(CC(=O)N(C)CCC#N)CCC1N. The van der Waals surface area contributed by atoms with E-state index in [1.54, 1.807) is 11.9 Å². The molecule has 2 N–H and O–H groups in total. The molecule has 0 aliphatic carbocycles. The van der Waals surface area contributed by atoms with E-state index in [0.717, 1.165) is 19.5 Å². The Balaban J connectivity index is 2.34. The van der Waals surface area contributed by atoms with Crippen LogP contribution in [-0.2, 0) is 4.79 Å². The Labute approximate surface area is 103 Å². The molecule has 1 saturated heterocycles. The molecule has 2 atom stereocenters. The van der Waals surface area contributed by atoms with Crippen molar-refractivity contribution < 1.29 is 4.79 Å². The van der Waals surface area contributed by atoms with Crippen molar-refractivity contribution in [2.75, 3.05) is 33.2 Å². The molecule has 96 valence electrons. The number of amides is 1. The fraction of sp³-hybridized carbons (Fsp3) is 0.833. The Kier molecular flexibility index (Phi) is 5.39. The maximum absolute atomic E-state index is 11.8. The van der Waals surface area contributed by atoms with Crippen LogP contribution >= 0.6 is 0 Å². The van der Waals surface area contributed by atoms with Gasteiger partial charge in [0.25, 0.3) is 0 Å². The minimum Gasteiger partial charge on any atom is -0.344 e. The molecule has 0 spiro atoms. The lowest BCUT2D eigenvalue weighted by atomic mass is 9.95. The van der Waals surface area contributed by atoms with Crippen molar-refractivity contribution in [1.29, 1.82) is 5.26 Å². The van der Waals surface area contributed by atoms with E-state index in [1.165, 1.54) is 0 Å². The summed E-state index contributed by atoms with van der Waals surface area (Å²) in [5, 5.41) is 8.47. The minimum absolute atomic E-state index is 0.0860. The number of nitrogens with zero attached hydrogens (tertiary/aromatic N) is 3. The van der Waals surface area contributed by atoms with Crippen molar-refractivity contribution in [2.24, 2.45) is 11.7 Å². The van der Waals surface area contributed by atoms with Crippen LogP contribution in [0.4, 0.5) is 0 Å². The van der Waals surface area contributed by atoms with Crippen LogP contribution in [-0.4, -0.2) is 55.0 Å². The molecule has 0 aromatic carbocycles. The molecule has 0 saturated carbocycles. The van der Waals surface area contributed by atoms with Crippen molar-refractivity contribution in [3.8, 4) is 6.07 Å². The Bertz CT molecular complexity index is 299. The van der Waals surface area contributed by atoms with Gasteiger partial charge in [0.1, 0.15) is 0 Å². The number of likely N-dealkylation sites (tertiary alicyclic amines) is 1. The summed E-state index contributed by atoms with van der Waals surface area (Å²) in [5.41, 5.74) is 5.94. The van der Waals surface area contributed by atoms with Crippen molar-refractivity contribution >= 4 is 5.91 Å². The average Bonchev–Trinajstić information content (AvgIpc) is 2.30. The Morgan fingerprint density at radius 2 is 2.35 bits per heavy atom. The summed E-state index contributed by atoms with van der Waals surface area (Å²) < 4.78 is 0. The Hall–Kier alpha value is -1.12. The van der Waals surface area contributed by atoms with Crippen LogP contribution in [0.5, 0.6) is 0 Å². The molecule has 1 fully saturated rings. The van der Waals surface area contributed by atoms with Crippen LogP contribution in [0.15, 0.2) is 0 Å². The lowest BCUT2D eigenvalue weighted by molar-refractivity contribution is -0.131. The summed E-state index contributed by atoms with van der Waals surface area (Å²) in [7, 11) is 1.75. The standard InChI is InChI=1S/C12H22N4O/c1-10-8-16(7-4-11(10)14)9-12(17)15(2)6-3-5-13/h10-11H,3-4,6-9,14H2,1-2H3. The normalized spacial score (nSPS) is 25.3. The van der Waals surface area contributed by atoms with Gasteiger partial charge in [0.15, 0.2) is 0 Å². The molecule has 0 aromatic rings. The van der Waals surface area contributed by atoms with E-state index in [4.69, 9.17) is 11.0 Å². The quantitative estimate of drug-likeness (QED) is 0.750. The first-order chi connectivity index (χ1) is 8.04. The maximum Gasteiger partial charge on any atom is 0.236 e. The van der Waals surface area contributed by atoms with Crippen LogP contribution in [0, 0.1) is 17.2 Å². The number of carbonyl (C=O) groups excluding carboxylic acids is 1. The third-order valence-electron chi connectivity index (χ3n) is 3.40. The molecule has 2 unspecified atom stereocenters. The van der Waals surface area contributed by atoms with Crippen molar-refractivity contribution in [3.63, 3.8) is 0 Å². The average molecular weight is 238 g/mol. The van der Waals surface area contributed by atoms with E-state index >= 15 is 0 Å². The second-order valence-electron chi connectivity index (χ2n) is 4.89. The number of hydrogen-bond donors (Lipinski definition) is 1. The van der Waals surface area contributed by atoms with Crippen molar-refractivity contribution in [3.05, 3.63) is 0 Å². The third kappa shape index (κ3) is 4.33. The van der Waals surface area contributed by atoms with Gasteiger partial charge in [0.05, 0.1) is 19.0 Å². The molecule has 1 amide bonds. The van der Waals surface area contributed by atoms with Crippen LogP contribution < -0.4 is 5.73 Å². The smallest absolute Gasteiger partial charge is 0.236 e. The van der Waals surface area contributed by atoms with Gasteiger partial charge in [0, 0.05) is 32.7 Å². The van der Waals surface area contributed by atoms with Gasteiger partial charge >= 0.3 is 0 Å². The fourth-order valence-electron chi connectivity index (χ4n) is 2.05. The van der Waals surface area contributed by atoms with E-state index in [2.05, 4.69) is 11.8 Å². The summed E-state index contributed by atoms with van der Waals surface area (Å²) in [4.78, 5) is 15.6. The zero-order valence-corrected chi connectivity index (χ0v) is 10.7. The second-order valence-corrected chi connectivity index (χ2v) is 4.89. The van der Waals surface area contributed by atoms with Gasteiger partial charge in [0.2, 0.25) is 5.91 Å². The van der Waals surface area contributed by atoms with Crippen LogP contribution in [0.3, 0.4) is 0 Å². The number of piperidine rings is 1. The summed E-state index contributed by atoms with van der Waals surface area (Å²) in [5.74, 6) is 0.531. The Morgan fingerprint density at radius 3 is 2.94 bits per heavy atom. The maximum atomic E-state index is 11.8. The van der Waals surface area contributed by atoms with Gasteiger partial charge in [-0.15, -0.1) is 0 Å². The van der Waals surface area contributed by atoms with Crippen LogP contribution in [0.25, 0.3) is 0 Å². The first-order valence-corrected chi connectivity index (χ1v) is 6.13. The van der Waals surface area contributed by atoms with Gasteiger partial charge < -0.3 is 10.6 Å². The molecule has 1 aliphatic rings. The topological polar surface area (TPSA) is 73.4 Å². The zero-order valence-electron chi connectivity index (χ0n) is 10.7. The first-order valence-electron chi connectivity index (χ1n) is 6.13. The highest BCUT2D eigenvalue weighted by molar-refractivity contribution is 5.78. The van der Waals surface area contributed by atoms with E-state index in [0.29, 0.717) is 25.4 Å². The lowest BCUT2D eigenvalue weighted by Crippen LogP contribution is -2.49. The summed E-state index contributed by atoms with van der Waals surface area (Å²) >= 11 is 0. The predicted molar refractivity (Wildman–Crippen MR) is 66.1 cm³/mol. The highest BCUT2D eigenvalue weighted by Gasteiger charge is 2.24. The van der Waals surface area contributed by atoms with E-state index in [-0.39, 0.29) is 11.9 Å². The first kappa shape index (κ1) is 13.9. The second kappa shape index (κ2) is 6.58. The summed E-state index contributed by atoms with van der Waals surface area (Å²) in [6, 6.07) is 2.31. The molecule has 1 heterocycles. The van der Waals surface area contributed by atoms with E-state index < -0.39 is 0 Å². The largest absolute Gasteiger partial charge is 0.344 e. The summed E-state index contributed by atoms with van der Waals surface area (Å²) in [6.07, 6.45) is 1.35. The molecule has 0 radical (unpaired) electrons. The number of likely N-dealkylation sites (N-methyl/N-ethyl adjacent to an activating group) is 1. The van der Waals surface area contributed by atoms with Gasteiger partial charge in [-0.3, -0.25) is 9.69 Å². The monoisotopic (exact) mass is 238 g/mol. The zero-order chi connectivity index (χ0) is 12.8. The molecule has 1 aliphatic heterocycles. The van der Waals surface area contributed by atoms with Gasteiger partial charge in [-0.05, 0) is 12.3 Å². The number of rotatable bonds is 4. The fourth-order valence-corrected chi connectivity index (χ4v) is 2.05. The number of hydrogen-bond acceptors (Lipinski definition) is 4. The third-order valence-corrected chi connectivity index (χ3v) is 3.40. The van der Waals surface area contributed by atoms with E-state index in [9.17, 15) is 4.79 Å². The molecule has 17 heavy (non-hydrogen) atoms. The number of nitriles is 1. The number of nitrogens with two attached hydrogens (primary N) is 1. The minimum atomic E-state index is 0.0860. The summed E-state index contributed by atoms with van der Waals surface area (Å²) in [6.45, 7) is 4.86. The van der Waals surface area contributed by atoms with Gasteiger partial charge in [-0.25, -0.2) is 0 Å². The lowest BCUT2D eigenvalue weighted by Gasteiger charge is -2.35. The highest BCUT2D eigenvalue weighted by atomic mass is 16.2. The molecule has 0 bridgehead atoms. The molecule has 5 heteroatoms. The van der Waals surface area contributed by atoms with Crippen LogP contribution in [0.1, 0.15) is 19.8 Å². The Morgan fingerprint density at radius 1 is 1.65 bits per heavy atom. The van der Waals surface area contributed by atoms with E-state index in [1.807, 2.05) is 6.07 Å². The molecule has 5 nitrogen and oxygen atoms in total. The molecular formula is C12H22N4O. The predicted octanol–water partition coefficient (Wildman–Crippen LogP) is 0.0276. The van der Waals surface area contributed by atoms with Crippen LogP contribution in [0.2, 0.25) is 0 Å².